The molecule has 0 aliphatic rings. The highest BCUT2D eigenvalue weighted by Gasteiger charge is 2.08. The van der Waals surface area contributed by atoms with Gasteiger partial charge >= 0.3 is 0 Å². The molecule has 2 rings (SSSR count). The minimum absolute atomic E-state index is 0.274. The number of rotatable bonds is 3. The Balaban J connectivity index is 1.98. The Labute approximate surface area is 97.8 Å². The zero-order valence-corrected chi connectivity index (χ0v) is 9.30. The largest absolute Gasteiger partial charge is 0.384 e. The molecule has 17 heavy (non-hydrogen) atoms. The van der Waals surface area contributed by atoms with E-state index in [4.69, 9.17) is 10.3 Å². The molecule has 1 amide bonds. The summed E-state index contributed by atoms with van der Waals surface area (Å²) in [4.78, 5) is 15.6. The van der Waals surface area contributed by atoms with Gasteiger partial charge in [0.25, 0.3) is 5.91 Å². The van der Waals surface area contributed by atoms with Crippen molar-refractivity contribution in [3.8, 4) is 0 Å². The van der Waals surface area contributed by atoms with E-state index in [9.17, 15) is 4.79 Å². The van der Waals surface area contributed by atoms with Crippen molar-refractivity contribution in [3.05, 3.63) is 41.4 Å². The lowest BCUT2D eigenvalue weighted by molar-refractivity contribution is 0.0942. The summed E-state index contributed by atoms with van der Waals surface area (Å²) < 4.78 is 4.96. The number of amides is 1. The highest BCUT2D eigenvalue weighted by molar-refractivity contribution is 5.92. The van der Waals surface area contributed by atoms with Gasteiger partial charge in [-0.2, -0.15) is 0 Å². The van der Waals surface area contributed by atoms with Crippen LogP contribution in [0.2, 0.25) is 0 Å². The molecule has 0 atom stereocenters. The van der Waals surface area contributed by atoms with Gasteiger partial charge in [0.2, 0.25) is 0 Å². The summed E-state index contributed by atoms with van der Waals surface area (Å²) in [5, 5.41) is 6.38. The van der Waals surface area contributed by atoms with Crippen LogP contribution < -0.4 is 11.1 Å². The van der Waals surface area contributed by atoms with Crippen LogP contribution >= 0.6 is 0 Å². The van der Waals surface area contributed by atoms with Crippen molar-refractivity contribution in [2.45, 2.75) is 13.5 Å². The number of nitrogens with zero attached hydrogens (tertiary/aromatic N) is 2. The lowest BCUT2D eigenvalue weighted by atomic mass is 10.3. The normalized spacial score (nSPS) is 10.2. The number of aryl methyl sites for hydroxylation is 1. The van der Waals surface area contributed by atoms with E-state index in [1.807, 2.05) is 6.92 Å². The molecular weight excluding hydrogens is 220 g/mol. The van der Waals surface area contributed by atoms with Gasteiger partial charge in [0, 0.05) is 6.07 Å². The van der Waals surface area contributed by atoms with Gasteiger partial charge in [0.1, 0.15) is 11.5 Å². The predicted molar refractivity (Wildman–Crippen MR) is 61.1 cm³/mol. The maximum absolute atomic E-state index is 11.7. The molecule has 0 spiro atoms. The van der Waals surface area contributed by atoms with Crippen molar-refractivity contribution >= 4 is 11.7 Å². The van der Waals surface area contributed by atoms with Crippen LogP contribution in [-0.2, 0) is 6.54 Å². The summed E-state index contributed by atoms with van der Waals surface area (Å²) in [7, 11) is 0. The molecule has 0 unspecified atom stereocenters. The second-order valence-electron chi connectivity index (χ2n) is 3.56. The lowest BCUT2D eigenvalue weighted by Crippen LogP contribution is -2.23. The van der Waals surface area contributed by atoms with Gasteiger partial charge in [0.15, 0.2) is 5.76 Å². The van der Waals surface area contributed by atoms with Gasteiger partial charge < -0.3 is 15.6 Å². The zero-order valence-electron chi connectivity index (χ0n) is 9.30. The fourth-order valence-corrected chi connectivity index (χ4v) is 1.34. The number of anilines is 1. The summed E-state index contributed by atoms with van der Waals surface area (Å²) >= 11 is 0. The maximum atomic E-state index is 11.7. The molecule has 2 heterocycles. The SMILES string of the molecule is Cc1cc(CNC(=O)c2cccc(N)n2)on1. The van der Waals surface area contributed by atoms with Crippen molar-refractivity contribution in [3.63, 3.8) is 0 Å². The van der Waals surface area contributed by atoms with Crippen molar-refractivity contribution in [2.24, 2.45) is 0 Å². The minimum Gasteiger partial charge on any atom is -0.384 e. The molecule has 0 fully saturated rings. The quantitative estimate of drug-likeness (QED) is 0.819. The van der Waals surface area contributed by atoms with E-state index in [1.165, 1.54) is 0 Å². The number of carbonyl (C=O) groups excluding carboxylic acids is 1. The summed E-state index contributed by atoms with van der Waals surface area (Å²) in [5.74, 6) is 0.610. The standard InChI is InChI=1S/C11H12N4O2/c1-7-5-8(17-15-7)6-13-11(16)9-3-2-4-10(12)14-9/h2-5H,6H2,1H3,(H2,12,14)(H,13,16). The first kappa shape index (κ1) is 11.1. The third-order valence-corrected chi connectivity index (χ3v) is 2.10. The average Bonchev–Trinajstić information content (AvgIpc) is 2.72. The van der Waals surface area contributed by atoms with Crippen LogP contribution in [0.3, 0.4) is 0 Å². The molecule has 88 valence electrons. The molecule has 6 heteroatoms. The molecule has 0 aliphatic heterocycles. The maximum Gasteiger partial charge on any atom is 0.270 e. The Hall–Kier alpha value is -2.37. The number of pyridine rings is 1. The first-order valence-corrected chi connectivity index (χ1v) is 5.08. The Bertz CT molecular complexity index is 536. The average molecular weight is 232 g/mol. The third-order valence-electron chi connectivity index (χ3n) is 2.10. The van der Waals surface area contributed by atoms with Crippen molar-refractivity contribution < 1.29 is 9.32 Å². The molecule has 0 radical (unpaired) electrons. The van der Waals surface area contributed by atoms with Gasteiger partial charge in [-0.05, 0) is 19.1 Å². The van der Waals surface area contributed by atoms with Crippen molar-refractivity contribution in [1.29, 1.82) is 0 Å². The second kappa shape index (κ2) is 4.65. The van der Waals surface area contributed by atoms with E-state index < -0.39 is 0 Å². The molecule has 2 aromatic rings. The molecule has 0 saturated heterocycles. The van der Waals surface area contributed by atoms with E-state index in [-0.39, 0.29) is 18.1 Å². The van der Waals surface area contributed by atoms with E-state index >= 15 is 0 Å². The Morgan fingerprint density at radius 2 is 2.35 bits per heavy atom. The predicted octanol–water partition coefficient (Wildman–Crippen LogP) is 0.890. The molecule has 2 aromatic heterocycles. The summed E-state index contributed by atoms with van der Waals surface area (Å²) in [6.45, 7) is 2.09. The fraction of sp³-hybridized carbons (Fsp3) is 0.182. The number of hydrogen-bond donors (Lipinski definition) is 2. The van der Waals surface area contributed by atoms with Crippen molar-refractivity contribution in [2.75, 3.05) is 5.73 Å². The number of carbonyl (C=O) groups is 1. The summed E-state index contributed by atoms with van der Waals surface area (Å²) in [6, 6.07) is 6.65. The molecule has 0 aromatic carbocycles. The Morgan fingerprint density at radius 3 is 3.00 bits per heavy atom. The summed E-state index contributed by atoms with van der Waals surface area (Å²) in [5.41, 5.74) is 6.54. The fourth-order valence-electron chi connectivity index (χ4n) is 1.34. The molecule has 0 saturated carbocycles. The summed E-state index contributed by atoms with van der Waals surface area (Å²) in [6.07, 6.45) is 0. The van der Waals surface area contributed by atoms with Crippen LogP contribution in [0.1, 0.15) is 21.9 Å². The van der Waals surface area contributed by atoms with Gasteiger partial charge in [-0.25, -0.2) is 4.98 Å². The Morgan fingerprint density at radius 1 is 1.53 bits per heavy atom. The topological polar surface area (TPSA) is 94.0 Å². The first-order valence-electron chi connectivity index (χ1n) is 5.08. The van der Waals surface area contributed by atoms with E-state index in [2.05, 4.69) is 15.5 Å². The van der Waals surface area contributed by atoms with Crippen LogP contribution in [0.15, 0.2) is 28.8 Å². The number of hydrogen-bond acceptors (Lipinski definition) is 5. The van der Waals surface area contributed by atoms with Crippen LogP contribution in [0.5, 0.6) is 0 Å². The van der Waals surface area contributed by atoms with E-state index in [1.54, 1.807) is 24.3 Å². The van der Waals surface area contributed by atoms with Gasteiger partial charge in [-0.3, -0.25) is 4.79 Å². The van der Waals surface area contributed by atoms with Crippen LogP contribution in [-0.4, -0.2) is 16.0 Å². The monoisotopic (exact) mass is 232 g/mol. The highest BCUT2D eigenvalue weighted by atomic mass is 16.5. The number of aromatic nitrogens is 2. The van der Waals surface area contributed by atoms with Crippen LogP contribution in [0.4, 0.5) is 5.82 Å². The molecule has 6 nitrogen and oxygen atoms in total. The number of nitrogen functional groups attached to an aromatic ring is 1. The molecule has 3 N–H and O–H groups in total. The van der Waals surface area contributed by atoms with Crippen LogP contribution in [0, 0.1) is 6.92 Å². The number of nitrogens with two attached hydrogens (primary N) is 1. The smallest absolute Gasteiger partial charge is 0.270 e. The van der Waals surface area contributed by atoms with E-state index in [0.29, 0.717) is 11.6 Å². The van der Waals surface area contributed by atoms with Gasteiger partial charge in [-0.15, -0.1) is 0 Å². The second-order valence-corrected chi connectivity index (χ2v) is 3.56. The first-order chi connectivity index (χ1) is 8.15. The lowest BCUT2D eigenvalue weighted by Gasteiger charge is -2.02. The molecule has 0 bridgehead atoms. The minimum atomic E-state index is -0.300. The van der Waals surface area contributed by atoms with Crippen LogP contribution in [0.25, 0.3) is 0 Å². The third kappa shape index (κ3) is 2.81. The zero-order chi connectivity index (χ0) is 12.3. The number of nitrogens with one attached hydrogen (secondary N) is 1. The van der Waals surface area contributed by atoms with Gasteiger partial charge in [0.05, 0.1) is 12.2 Å². The molecular formula is C11H12N4O2. The molecule has 0 aliphatic carbocycles. The van der Waals surface area contributed by atoms with Gasteiger partial charge in [-0.1, -0.05) is 11.2 Å². The highest BCUT2D eigenvalue weighted by Crippen LogP contribution is 2.03. The van der Waals surface area contributed by atoms with E-state index in [0.717, 1.165) is 5.69 Å². The Kier molecular flexibility index (Phi) is 3.04. The van der Waals surface area contributed by atoms with Crippen molar-refractivity contribution in [1.82, 2.24) is 15.5 Å².